The van der Waals surface area contributed by atoms with Gasteiger partial charge in [-0.05, 0) is 43.4 Å². The molecule has 2 N–H and O–H groups in total. The van der Waals surface area contributed by atoms with Gasteiger partial charge in [-0.2, -0.15) is 0 Å². The molecule has 1 aromatic rings. The van der Waals surface area contributed by atoms with Crippen molar-refractivity contribution in [2.24, 2.45) is 5.92 Å². The molecule has 0 radical (unpaired) electrons. The molecule has 5 nitrogen and oxygen atoms in total. The molecular weight excluding hydrogens is 297 g/mol. The molecule has 0 saturated carbocycles. The van der Waals surface area contributed by atoms with Crippen molar-refractivity contribution in [3.8, 4) is 0 Å². The van der Waals surface area contributed by atoms with E-state index in [1.165, 1.54) is 13.0 Å². The number of halogens is 1. The summed E-state index contributed by atoms with van der Waals surface area (Å²) >= 11 is 0. The molecule has 1 saturated heterocycles. The zero-order chi connectivity index (χ0) is 15.5. The van der Waals surface area contributed by atoms with Crippen LogP contribution in [0.4, 0.5) is 4.39 Å². The summed E-state index contributed by atoms with van der Waals surface area (Å²) in [5.41, 5.74) is 0.302. The Hall–Kier alpha value is -1.02. The van der Waals surface area contributed by atoms with E-state index < -0.39 is 22.4 Å². The Balaban J connectivity index is 2.16. The zero-order valence-electron chi connectivity index (χ0n) is 11.9. The van der Waals surface area contributed by atoms with E-state index in [1.54, 1.807) is 0 Å². The van der Waals surface area contributed by atoms with Crippen molar-refractivity contribution in [1.82, 2.24) is 4.72 Å². The zero-order valence-corrected chi connectivity index (χ0v) is 12.7. The summed E-state index contributed by atoms with van der Waals surface area (Å²) in [4.78, 5) is -0.112. The maximum absolute atomic E-state index is 13.7. The van der Waals surface area contributed by atoms with E-state index in [4.69, 9.17) is 9.84 Å². The summed E-state index contributed by atoms with van der Waals surface area (Å²) in [5, 5.41) is 9.08. The van der Waals surface area contributed by atoms with E-state index in [9.17, 15) is 12.8 Å². The molecule has 0 spiro atoms. The topological polar surface area (TPSA) is 75.6 Å². The number of aliphatic hydroxyl groups is 1. The second-order valence-corrected chi connectivity index (χ2v) is 7.00. The smallest absolute Gasteiger partial charge is 0.240 e. The van der Waals surface area contributed by atoms with E-state index in [2.05, 4.69) is 4.72 Å². The molecule has 21 heavy (non-hydrogen) atoms. The molecule has 0 atom stereocenters. The van der Waals surface area contributed by atoms with Gasteiger partial charge in [0.2, 0.25) is 10.0 Å². The number of rotatable bonds is 5. The molecule has 0 aliphatic carbocycles. The van der Waals surface area contributed by atoms with Crippen LogP contribution in [-0.4, -0.2) is 33.3 Å². The molecule has 0 aromatic heterocycles. The van der Waals surface area contributed by atoms with Gasteiger partial charge in [0.15, 0.2) is 0 Å². The van der Waals surface area contributed by atoms with Crippen LogP contribution in [0.5, 0.6) is 0 Å². The lowest BCUT2D eigenvalue weighted by Crippen LogP contribution is -2.32. The molecule has 1 aliphatic heterocycles. The maximum Gasteiger partial charge on any atom is 0.240 e. The van der Waals surface area contributed by atoms with Crippen LogP contribution >= 0.6 is 0 Å². The van der Waals surface area contributed by atoms with E-state index in [0.29, 0.717) is 19.8 Å². The van der Waals surface area contributed by atoms with Crippen molar-refractivity contribution in [3.05, 3.63) is 29.1 Å². The fourth-order valence-corrected chi connectivity index (χ4v) is 3.75. The first-order valence-corrected chi connectivity index (χ1v) is 8.39. The summed E-state index contributed by atoms with van der Waals surface area (Å²) in [6, 6.07) is 2.46. The highest BCUT2D eigenvalue weighted by atomic mass is 32.2. The van der Waals surface area contributed by atoms with Gasteiger partial charge in [-0.15, -0.1) is 0 Å². The number of nitrogens with one attached hydrogen (secondary N) is 1. The molecule has 1 aromatic carbocycles. The SMILES string of the molecule is Cc1c(F)cc(CO)cc1S(=O)(=O)NCC1CCOCC1. The minimum absolute atomic E-state index is 0.0617. The lowest BCUT2D eigenvalue weighted by atomic mass is 10.0. The second kappa shape index (κ2) is 6.83. The molecule has 1 heterocycles. The lowest BCUT2D eigenvalue weighted by Gasteiger charge is -2.22. The van der Waals surface area contributed by atoms with Crippen LogP contribution in [0, 0.1) is 18.7 Å². The van der Waals surface area contributed by atoms with Gasteiger partial charge in [-0.1, -0.05) is 0 Å². The van der Waals surface area contributed by atoms with Crippen molar-refractivity contribution < 1.29 is 22.7 Å². The van der Waals surface area contributed by atoms with Gasteiger partial charge >= 0.3 is 0 Å². The monoisotopic (exact) mass is 317 g/mol. The predicted octanol–water partition coefficient (Wildman–Crippen LogP) is 1.33. The first-order chi connectivity index (χ1) is 9.94. The van der Waals surface area contributed by atoms with Crippen molar-refractivity contribution in [1.29, 1.82) is 0 Å². The van der Waals surface area contributed by atoms with Crippen molar-refractivity contribution in [2.45, 2.75) is 31.3 Å². The van der Waals surface area contributed by atoms with Crippen LogP contribution in [0.25, 0.3) is 0 Å². The molecule has 2 rings (SSSR count). The molecule has 118 valence electrons. The Bertz CT molecular complexity index is 597. The van der Waals surface area contributed by atoms with E-state index in [0.717, 1.165) is 18.9 Å². The Morgan fingerprint density at radius 3 is 2.67 bits per heavy atom. The van der Waals surface area contributed by atoms with Crippen LogP contribution < -0.4 is 4.72 Å². The Labute approximate surface area is 124 Å². The summed E-state index contributed by atoms with van der Waals surface area (Å²) in [6.07, 6.45) is 1.62. The summed E-state index contributed by atoms with van der Waals surface area (Å²) in [6.45, 7) is 2.61. The van der Waals surface area contributed by atoms with Gasteiger partial charge in [0, 0.05) is 25.3 Å². The lowest BCUT2D eigenvalue weighted by molar-refractivity contribution is 0.0678. The highest BCUT2D eigenvalue weighted by Gasteiger charge is 2.22. The number of aliphatic hydroxyl groups excluding tert-OH is 1. The molecule has 7 heteroatoms. The second-order valence-electron chi connectivity index (χ2n) is 5.27. The minimum Gasteiger partial charge on any atom is -0.392 e. The highest BCUT2D eigenvalue weighted by Crippen LogP contribution is 2.21. The number of hydrogen-bond acceptors (Lipinski definition) is 4. The third-order valence-corrected chi connectivity index (χ3v) is 5.28. The van der Waals surface area contributed by atoms with Crippen LogP contribution in [0.1, 0.15) is 24.0 Å². The summed E-state index contributed by atoms with van der Waals surface area (Å²) in [7, 11) is -3.79. The molecule has 1 fully saturated rings. The largest absolute Gasteiger partial charge is 0.392 e. The van der Waals surface area contributed by atoms with E-state index in [1.807, 2.05) is 0 Å². The van der Waals surface area contributed by atoms with Gasteiger partial charge in [0.1, 0.15) is 5.82 Å². The maximum atomic E-state index is 13.7. The number of benzene rings is 1. The quantitative estimate of drug-likeness (QED) is 0.859. The first-order valence-electron chi connectivity index (χ1n) is 6.91. The van der Waals surface area contributed by atoms with Crippen LogP contribution in [0.3, 0.4) is 0 Å². The minimum atomic E-state index is -3.79. The number of sulfonamides is 1. The number of hydrogen-bond donors (Lipinski definition) is 2. The first kappa shape index (κ1) is 16.4. The molecule has 0 amide bonds. The van der Waals surface area contributed by atoms with E-state index >= 15 is 0 Å². The fourth-order valence-electron chi connectivity index (χ4n) is 2.33. The predicted molar refractivity (Wildman–Crippen MR) is 75.8 cm³/mol. The van der Waals surface area contributed by atoms with Gasteiger partial charge in [-0.3, -0.25) is 0 Å². The highest BCUT2D eigenvalue weighted by molar-refractivity contribution is 7.89. The van der Waals surface area contributed by atoms with Gasteiger partial charge in [0.05, 0.1) is 11.5 Å². The number of ether oxygens (including phenoxy) is 1. The van der Waals surface area contributed by atoms with E-state index in [-0.39, 0.29) is 21.9 Å². The van der Waals surface area contributed by atoms with Crippen LogP contribution in [-0.2, 0) is 21.4 Å². The third-order valence-electron chi connectivity index (χ3n) is 3.73. The van der Waals surface area contributed by atoms with Crippen LogP contribution in [0.2, 0.25) is 0 Å². The standard InChI is InChI=1S/C14H20FNO4S/c1-10-13(15)6-12(9-17)7-14(10)21(18,19)16-8-11-2-4-20-5-3-11/h6-7,11,16-17H,2-5,8-9H2,1H3. The summed E-state index contributed by atoms with van der Waals surface area (Å²) in [5.74, 6) is -0.396. The molecule has 0 bridgehead atoms. The molecule has 0 unspecified atom stereocenters. The average Bonchev–Trinajstić information content (AvgIpc) is 2.48. The summed E-state index contributed by atoms with van der Waals surface area (Å²) < 4.78 is 46.1. The Morgan fingerprint density at radius 2 is 2.05 bits per heavy atom. The fraction of sp³-hybridized carbons (Fsp3) is 0.571. The molecular formula is C14H20FNO4S. The Kier molecular flexibility index (Phi) is 5.32. The van der Waals surface area contributed by atoms with Gasteiger partial charge < -0.3 is 9.84 Å². The van der Waals surface area contributed by atoms with Gasteiger partial charge in [0.25, 0.3) is 0 Å². The molecule has 1 aliphatic rings. The van der Waals surface area contributed by atoms with Crippen molar-refractivity contribution in [2.75, 3.05) is 19.8 Å². The normalized spacial score (nSPS) is 17.1. The van der Waals surface area contributed by atoms with Crippen LogP contribution in [0.15, 0.2) is 17.0 Å². The van der Waals surface area contributed by atoms with Crippen molar-refractivity contribution in [3.63, 3.8) is 0 Å². The average molecular weight is 317 g/mol. The van der Waals surface area contributed by atoms with Crippen molar-refractivity contribution >= 4 is 10.0 Å². The Morgan fingerprint density at radius 1 is 1.38 bits per heavy atom. The third kappa shape index (κ3) is 4.00. The van der Waals surface area contributed by atoms with Gasteiger partial charge in [-0.25, -0.2) is 17.5 Å².